The van der Waals surface area contributed by atoms with E-state index in [0.29, 0.717) is 24.5 Å². The van der Waals surface area contributed by atoms with Crippen LogP contribution in [0.1, 0.15) is 126 Å². The molecule has 2 unspecified atom stereocenters. The molecular weight excluding hydrogens is 1240 g/mol. The molecule has 4 aromatic rings. The van der Waals surface area contributed by atoms with Crippen LogP contribution in [-0.2, 0) is 98.8 Å². The topological polar surface area (TPSA) is 300 Å². The standard InChI is InChI=1S/C40H54N2O10.C32H38N2O10/c1-39(2,3)51-37(45)19-21-47-23-24-49-29-33(50-26-25-48-22-20-38(46)52-40(4,5)6)27-41-35(43)17-18-36(44)42-28-32-13-8-7-11-30(32)15-16-31-12-9-10-14-34(31)42;35-29(33-21-27(44-20-19-42-16-14-32(39)40)23-43-18-17-41-15-13-31(37)38)11-12-30(36)34-22-26-7-2-1-5-24(26)9-10-25-6-3-4-8-28(25)34/h7-14,33H,17-29H2,1-6H3,(H,41,43);1-8,27H,11-23H2,(H,33,35)(H,37,38)(H,39,40). The number of benzene rings is 4. The number of rotatable bonds is 40. The summed E-state index contributed by atoms with van der Waals surface area (Å²) < 4.78 is 55.0. The number of anilines is 2. The lowest BCUT2D eigenvalue weighted by molar-refractivity contribution is -0.157. The minimum atomic E-state index is -0.960. The van der Waals surface area contributed by atoms with Gasteiger partial charge in [0.25, 0.3) is 0 Å². The molecule has 0 radical (unpaired) electrons. The summed E-state index contributed by atoms with van der Waals surface area (Å²) in [5.74, 6) is 9.11. The third-order valence-electron chi connectivity index (χ3n) is 13.7. The Kier molecular flexibility index (Phi) is 34.8. The van der Waals surface area contributed by atoms with Crippen LogP contribution in [0, 0.1) is 23.7 Å². The van der Waals surface area contributed by atoms with E-state index in [1.165, 1.54) is 0 Å². The second-order valence-electron chi connectivity index (χ2n) is 24.0. The Morgan fingerprint density at radius 1 is 0.406 bits per heavy atom. The highest BCUT2D eigenvalue weighted by atomic mass is 16.6. The van der Waals surface area contributed by atoms with Crippen LogP contribution in [0.4, 0.5) is 11.4 Å². The molecule has 4 amide bonds. The van der Waals surface area contributed by atoms with Crippen LogP contribution in [0.25, 0.3) is 0 Å². The van der Waals surface area contributed by atoms with Crippen molar-refractivity contribution in [3.05, 3.63) is 130 Å². The molecule has 0 spiro atoms. The quantitative estimate of drug-likeness (QED) is 0.0199. The van der Waals surface area contributed by atoms with Gasteiger partial charge in [0.2, 0.25) is 23.6 Å². The van der Waals surface area contributed by atoms with Crippen LogP contribution in [0.3, 0.4) is 0 Å². The maximum absolute atomic E-state index is 13.5. The summed E-state index contributed by atoms with van der Waals surface area (Å²) >= 11 is 0. The van der Waals surface area contributed by atoms with Crippen LogP contribution >= 0.6 is 0 Å². The van der Waals surface area contributed by atoms with Crippen LogP contribution in [0.2, 0.25) is 0 Å². The summed E-state index contributed by atoms with van der Waals surface area (Å²) in [7, 11) is 0. The number of nitrogens with zero attached hydrogens (tertiary/aromatic N) is 2. The zero-order valence-electron chi connectivity index (χ0n) is 55.9. The van der Waals surface area contributed by atoms with E-state index in [1.807, 2.05) is 118 Å². The van der Waals surface area contributed by atoms with E-state index in [4.69, 9.17) is 57.6 Å². The molecule has 2 aliphatic heterocycles. The van der Waals surface area contributed by atoms with E-state index < -0.39 is 35.3 Å². The number of amides is 4. The normalized spacial score (nSPS) is 12.8. The molecule has 0 aromatic heterocycles. The molecule has 0 aliphatic carbocycles. The molecule has 24 heteroatoms. The van der Waals surface area contributed by atoms with Gasteiger partial charge in [0.1, 0.15) is 11.2 Å². The molecule has 4 N–H and O–H groups in total. The predicted octanol–water partition coefficient (Wildman–Crippen LogP) is 6.94. The van der Waals surface area contributed by atoms with Gasteiger partial charge in [-0.3, -0.25) is 38.4 Å². The van der Waals surface area contributed by atoms with Crippen molar-refractivity contribution < 1.29 is 95.9 Å². The zero-order chi connectivity index (χ0) is 69.6. The molecule has 2 atom stereocenters. The number of ether oxygens (including phenoxy) is 10. The maximum Gasteiger partial charge on any atom is 0.308 e. The van der Waals surface area contributed by atoms with Gasteiger partial charge < -0.3 is 78.0 Å². The fourth-order valence-corrected chi connectivity index (χ4v) is 9.13. The van der Waals surface area contributed by atoms with Crippen LogP contribution < -0.4 is 20.4 Å². The Morgan fingerprint density at radius 3 is 1.10 bits per heavy atom. The Bertz CT molecular complexity index is 3280. The van der Waals surface area contributed by atoms with Gasteiger partial charge in [0.15, 0.2) is 0 Å². The number of carboxylic acid groups (broad SMARTS) is 2. The second-order valence-corrected chi connectivity index (χ2v) is 24.0. The zero-order valence-corrected chi connectivity index (χ0v) is 55.9. The monoisotopic (exact) mass is 1330 g/mol. The molecule has 24 nitrogen and oxygen atoms in total. The Morgan fingerprint density at radius 2 is 0.729 bits per heavy atom. The average Bonchev–Trinajstić information content (AvgIpc) is 0.822. The number of esters is 2. The molecule has 96 heavy (non-hydrogen) atoms. The molecular formula is C72H92N4O20. The number of hydrogen-bond donors (Lipinski definition) is 4. The van der Waals surface area contributed by atoms with Gasteiger partial charge >= 0.3 is 23.9 Å². The average molecular weight is 1330 g/mol. The fraction of sp³-hybridized carbons (Fsp3) is 0.500. The van der Waals surface area contributed by atoms with Crippen molar-refractivity contribution in [3.63, 3.8) is 0 Å². The van der Waals surface area contributed by atoms with Crippen molar-refractivity contribution in [2.45, 2.75) is 129 Å². The number of para-hydroxylation sites is 2. The lowest BCUT2D eigenvalue weighted by atomic mass is 10.0. The number of aliphatic carboxylic acids is 2. The minimum absolute atomic E-state index is 0.00388. The summed E-state index contributed by atoms with van der Waals surface area (Å²) in [5, 5.41) is 23.0. The lowest BCUT2D eigenvalue weighted by Gasteiger charge is -2.26. The van der Waals surface area contributed by atoms with E-state index in [1.54, 1.807) is 30.6 Å². The second kappa shape index (κ2) is 42.8. The number of carbonyl (C=O) groups excluding carboxylic acids is 6. The summed E-state index contributed by atoms with van der Waals surface area (Å²) in [6, 6.07) is 30.3. The van der Waals surface area contributed by atoms with Gasteiger partial charge in [-0.2, -0.15) is 0 Å². The van der Waals surface area contributed by atoms with Crippen molar-refractivity contribution in [1.29, 1.82) is 0 Å². The highest BCUT2D eigenvalue weighted by Gasteiger charge is 2.25. The van der Waals surface area contributed by atoms with Gasteiger partial charge in [-0.05, 0) is 89.1 Å². The molecule has 520 valence electrons. The Balaban J connectivity index is 0.000000352. The van der Waals surface area contributed by atoms with Crippen LogP contribution in [-0.4, -0.2) is 187 Å². The van der Waals surface area contributed by atoms with Gasteiger partial charge in [-0.1, -0.05) is 84.3 Å². The molecule has 0 fully saturated rings. The van der Waals surface area contributed by atoms with Gasteiger partial charge in [-0.15, -0.1) is 0 Å². The third-order valence-corrected chi connectivity index (χ3v) is 13.7. The number of hydrogen-bond acceptors (Lipinski definition) is 18. The first-order valence-corrected chi connectivity index (χ1v) is 32.1. The van der Waals surface area contributed by atoms with Crippen molar-refractivity contribution >= 4 is 58.9 Å². The molecule has 0 saturated heterocycles. The Labute approximate surface area is 562 Å². The van der Waals surface area contributed by atoms with Crippen molar-refractivity contribution in [2.24, 2.45) is 0 Å². The lowest BCUT2D eigenvalue weighted by Crippen LogP contribution is -2.38. The highest BCUT2D eigenvalue weighted by Crippen LogP contribution is 2.28. The van der Waals surface area contributed by atoms with E-state index in [2.05, 4.69) is 34.3 Å². The first-order valence-electron chi connectivity index (χ1n) is 32.1. The van der Waals surface area contributed by atoms with Gasteiger partial charge in [0, 0.05) is 61.0 Å². The highest BCUT2D eigenvalue weighted by molar-refractivity contribution is 5.98. The summed E-state index contributed by atoms with van der Waals surface area (Å²) in [4.78, 5) is 101. The SMILES string of the molecule is CC(C)(C)OC(=O)CCOCCOCC(CNC(=O)CCC(=O)N1Cc2ccccc2C#Cc2ccccc21)OCCOCCC(=O)OC(C)(C)C.O=C(O)CCOCCOCC(CNC(=O)CCC(=O)N1Cc2ccccc2C#Cc2ccccc21)OCCOCCC(=O)O. The smallest absolute Gasteiger partial charge is 0.308 e. The van der Waals surface area contributed by atoms with E-state index >= 15 is 0 Å². The van der Waals surface area contributed by atoms with Crippen molar-refractivity contribution in [2.75, 3.05) is 115 Å². The molecule has 2 heterocycles. The van der Waals surface area contributed by atoms with Crippen molar-refractivity contribution in [1.82, 2.24) is 10.6 Å². The minimum Gasteiger partial charge on any atom is -0.481 e. The van der Waals surface area contributed by atoms with Crippen LogP contribution in [0.5, 0.6) is 0 Å². The van der Waals surface area contributed by atoms with Crippen LogP contribution in [0.15, 0.2) is 97.1 Å². The van der Waals surface area contributed by atoms with E-state index in [0.717, 1.165) is 33.4 Å². The van der Waals surface area contributed by atoms with Crippen molar-refractivity contribution in [3.8, 4) is 23.7 Å². The van der Waals surface area contributed by atoms with Gasteiger partial charge in [0.05, 0.1) is 155 Å². The first-order chi connectivity index (χ1) is 46.0. The number of carbonyl (C=O) groups is 8. The van der Waals surface area contributed by atoms with E-state index in [-0.39, 0.29) is 193 Å². The largest absolute Gasteiger partial charge is 0.481 e. The number of nitrogens with one attached hydrogen (secondary N) is 2. The molecule has 4 aromatic carbocycles. The molecule has 2 aliphatic rings. The number of carboxylic acids is 2. The number of fused-ring (bicyclic) bond motifs is 4. The molecule has 0 bridgehead atoms. The fourth-order valence-electron chi connectivity index (χ4n) is 9.13. The first kappa shape index (κ1) is 78.1. The summed E-state index contributed by atoms with van der Waals surface area (Å²) in [6.45, 7) is 14.2. The third kappa shape index (κ3) is 32.3. The molecule has 0 saturated carbocycles. The maximum atomic E-state index is 13.5. The summed E-state index contributed by atoms with van der Waals surface area (Å²) in [5.41, 5.74) is 5.35. The van der Waals surface area contributed by atoms with E-state index in [9.17, 15) is 38.4 Å². The predicted molar refractivity (Wildman–Crippen MR) is 354 cm³/mol. The van der Waals surface area contributed by atoms with Gasteiger partial charge in [-0.25, -0.2) is 0 Å². The summed E-state index contributed by atoms with van der Waals surface area (Å²) in [6.07, 6.45) is -1.09. The molecule has 6 rings (SSSR count). The Hall–Kier alpha value is -8.56.